The zero-order valence-corrected chi connectivity index (χ0v) is 32.8. The maximum absolute atomic E-state index is 2.67. The van der Waals surface area contributed by atoms with Crippen LogP contribution >= 0.6 is 24.1 Å². The molecule has 0 bridgehead atoms. The van der Waals surface area contributed by atoms with Gasteiger partial charge in [-0.1, -0.05) is 0 Å². The van der Waals surface area contributed by atoms with Crippen molar-refractivity contribution in [3.8, 4) is 0 Å². The van der Waals surface area contributed by atoms with E-state index in [-0.39, 0.29) is 0 Å². The van der Waals surface area contributed by atoms with Crippen LogP contribution in [0.5, 0.6) is 0 Å². The van der Waals surface area contributed by atoms with E-state index in [2.05, 4.69) is 153 Å². The molecule has 0 unspecified atom stereocenters. The average Bonchev–Trinajstić information content (AvgIpc) is 3.06. The van der Waals surface area contributed by atoms with Crippen LogP contribution < -0.4 is 15.9 Å². The fourth-order valence-electron chi connectivity index (χ4n) is 8.46. The fraction of sp³-hybridized carbons (Fsp3) is 0.500. The molecule has 3 rings (SSSR count). The van der Waals surface area contributed by atoms with E-state index < -0.39 is 34.8 Å². The standard InChI is InChI=1S/C18H15P.3C6H15P.Ni/c1-4-10-16(11-5-1)19(17-12-6-2-7-13-17)18-14-8-3-9-15-18;3*1-4-7(5-2)6-3;/h1-15H;3*4-6H2,1-3H3;/q;;;;-4/p+4. The summed E-state index contributed by atoms with van der Waals surface area (Å²) in [4.78, 5) is 0. The van der Waals surface area contributed by atoms with E-state index in [0.29, 0.717) is 0 Å². The summed E-state index contributed by atoms with van der Waals surface area (Å²) < 4.78 is 0. The minimum absolute atomic E-state index is 1.25. The zero-order chi connectivity index (χ0) is 30.2. The predicted octanol–water partition coefficient (Wildman–Crippen LogP) is 9.96. The molecule has 5 heteroatoms. The van der Waals surface area contributed by atoms with Crippen LogP contribution in [0.4, 0.5) is 0 Å². The molecule has 0 nitrogen and oxygen atoms in total. The molecule has 41 heavy (non-hydrogen) atoms. The Morgan fingerprint density at radius 1 is 0.341 bits per heavy atom. The fourth-order valence-corrected chi connectivity index (χ4v) is 152. The van der Waals surface area contributed by atoms with E-state index >= 15 is 0 Å². The molecule has 0 amide bonds. The molecular formula is C36H64NiP4. The molecule has 0 saturated heterocycles. The minimum atomic E-state index is -2.52. The van der Waals surface area contributed by atoms with Gasteiger partial charge >= 0.3 is 259 Å². The second kappa shape index (κ2) is 15.2. The molecule has 0 aliphatic carbocycles. The quantitative estimate of drug-likeness (QED) is 0.105. The SMILES string of the molecule is CC[PH](CC)(CC)[Ni]([PH](CC)(CC)CC)([PH](CC)(CC)CC)[PH](c1ccccc1)(c1ccccc1)c1ccccc1. The van der Waals surface area contributed by atoms with Crippen LogP contribution in [0.3, 0.4) is 0 Å². The van der Waals surface area contributed by atoms with Gasteiger partial charge in [0, 0.05) is 0 Å². The normalized spacial score (nSPS) is 16.9. The molecule has 0 fully saturated rings. The first-order valence-electron chi connectivity index (χ1n) is 16.7. The van der Waals surface area contributed by atoms with Crippen LogP contribution in [0.15, 0.2) is 91.0 Å². The number of hydrogen-bond donors (Lipinski definition) is 0. The van der Waals surface area contributed by atoms with Crippen LogP contribution in [0.25, 0.3) is 0 Å². The number of benzene rings is 3. The number of rotatable bonds is 16. The van der Waals surface area contributed by atoms with Crippen molar-refractivity contribution in [3.63, 3.8) is 0 Å². The molecule has 0 spiro atoms. The van der Waals surface area contributed by atoms with E-state index in [1.54, 1.807) is 15.9 Å². The van der Waals surface area contributed by atoms with Gasteiger partial charge in [0.05, 0.1) is 0 Å². The predicted molar refractivity (Wildman–Crippen MR) is 206 cm³/mol. The van der Waals surface area contributed by atoms with Crippen molar-refractivity contribution < 1.29 is 10.7 Å². The van der Waals surface area contributed by atoms with Gasteiger partial charge in [-0.25, -0.2) is 0 Å². The third-order valence-corrected chi connectivity index (χ3v) is 104. The van der Waals surface area contributed by atoms with E-state index in [0.717, 1.165) is 0 Å². The van der Waals surface area contributed by atoms with Crippen molar-refractivity contribution >= 4 is 40.1 Å². The summed E-state index contributed by atoms with van der Waals surface area (Å²) >= 11 is 0. The van der Waals surface area contributed by atoms with Gasteiger partial charge in [-0.05, 0) is 0 Å². The van der Waals surface area contributed by atoms with Crippen molar-refractivity contribution in [3.05, 3.63) is 91.0 Å². The van der Waals surface area contributed by atoms with Crippen LogP contribution in [-0.2, 0) is 10.7 Å². The molecule has 238 valence electrons. The second-order valence-corrected chi connectivity index (χ2v) is 56.2. The molecule has 0 N–H and O–H groups in total. The van der Waals surface area contributed by atoms with Crippen LogP contribution in [0.1, 0.15) is 62.3 Å². The van der Waals surface area contributed by atoms with Crippen LogP contribution in [0, 0.1) is 0 Å². The molecule has 0 radical (unpaired) electrons. The van der Waals surface area contributed by atoms with Crippen molar-refractivity contribution in [2.45, 2.75) is 62.3 Å². The molecule has 3 aromatic rings. The molecule has 0 heterocycles. The van der Waals surface area contributed by atoms with Gasteiger partial charge in [0.25, 0.3) is 0 Å². The number of hydrogen-bond acceptors (Lipinski definition) is 0. The summed E-state index contributed by atoms with van der Waals surface area (Å²) in [6.45, 7) is 24.0. The summed E-state index contributed by atoms with van der Waals surface area (Å²) in [5, 5.41) is 5.22. The van der Waals surface area contributed by atoms with Crippen molar-refractivity contribution in [2.24, 2.45) is 0 Å². The first kappa shape index (κ1) is 35.4. The molecule has 0 aliphatic rings. The zero-order valence-electron chi connectivity index (χ0n) is 27.8. The third-order valence-electron chi connectivity index (χ3n) is 10.8. The molecule has 3 aromatic carbocycles. The second-order valence-electron chi connectivity index (χ2n) is 11.6. The Hall–Kier alpha value is -0.126. The Morgan fingerprint density at radius 2 is 0.537 bits per heavy atom. The van der Waals surface area contributed by atoms with Crippen molar-refractivity contribution in [2.75, 3.05) is 55.5 Å². The van der Waals surface area contributed by atoms with Gasteiger partial charge < -0.3 is 0 Å². The summed E-state index contributed by atoms with van der Waals surface area (Å²) in [5.74, 6) is 0. The van der Waals surface area contributed by atoms with Gasteiger partial charge in [0.15, 0.2) is 0 Å². The summed E-state index contributed by atoms with van der Waals surface area (Å²) in [7, 11) is -1.25. The van der Waals surface area contributed by atoms with E-state index in [9.17, 15) is 0 Å². The van der Waals surface area contributed by atoms with E-state index in [1.165, 1.54) is 55.5 Å². The summed E-state index contributed by atoms with van der Waals surface area (Å²) in [6.07, 6.45) is 13.2. The first-order chi connectivity index (χ1) is 19.9. The van der Waals surface area contributed by atoms with E-state index in [4.69, 9.17) is 0 Å². The average molecular weight is 679 g/mol. The Labute approximate surface area is 258 Å². The van der Waals surface area contributed by atoms with Gasteiger partial charge in [-0.2, -0.15) is 0 Å². The summed E-state index contributed by atoms with van der Waals surface area (Å²) in [6, 6.07) is 29.0. The Kier molecular flexibility index (Phi) is 13.1. The van der Waals surface area contributed by atoms with Gasteiger partial charge in [0.2, 0.25) is 0 Å². The van der Waals surface area contributed by atoms with Crippen LogP contribution in [0.2, 0.25) is 0 Å². The Balaban J connectivity index is 2.99. The molecular weight excluding hydrogens is 615 g/mol. The van der Waals surface area contributed by atoms with Gasteiger partial charge in [0.1, 0.15) is 0 Å². The third kappa shape index (κ3) is 5.20. The molecule has 0 saturated carbocycles. The first-order valence-corrected chi connectivity index (χ1v) is 31.7. The van der Waals surface area contributed by atoms with E-state index in [1.807, 2.05) is 0 Å². The van der Waals surface area contributed by atoms with Gasteiger partial charge in [-0.15, -0.1) is 0 Å². The van der Waals surface area contributed by atoms with Crippen LogP contribution in [-0.4, -0.2) is 55.5 Å². The summed E-state index contributed by atoms with van der Waals surface area (Å²) in [5.41, 5.74) is 0. The topological polar surface area (TPSA) is 0 Å². The van der Waals surface area contributed by atoms with Crippen molar-refractivity contribution in [1.29, 1.82) is 0 Å². The van der Waals surface area contributed by atoms with Crippen molar-refractivity contribution in [1.82, 2.24) is 0 Å². The molecule has 0 aliphatic heterocycles. The van der Waals surface area contributed by atoms with Gasteiger partial charge in [-0.3, -0.25) is 0 Å². The molecule has 0 aromatic heterocycles. The Bertz CT molecular complexity index is 998. The Morgan fingerprint density at radius 3 is 0.707 bits per heavy atom. The monoisotopic (exact) mass is 678 g/mol. The molecule has 0 atom stereocenters. The maximum atomic E-state index is 2.67.